The Labute approximate surface area is 242 Å². The Morgan fingerprint density at radius 3 is 2.44 bits per heavy atom. The van der Waals surface area contributed by atoms with E-state index >= 15 is 0 Å². The minimum absolute atomic E-state index is 0.0234. The number of para-hydroxylation sites is 1. The normalized spacial score (nSPS) is 15.0. The highest BCUT2D eigenvalue weighted by Gasteiger charge is 2.33. The third-order valence-electron chi connectivity index (χ3n) is 6.53. The van der Waals surface area contributed by atoms with E-state index in [2.05, 4.69) is 4.99 Å². The summed E-state index contributed by atoms with van der Waals surface area (Å²) >= 11 is 1.28. The van der Waals surface area contributed by atoms with Crippen LogP contribution < -0.4 is 24.4 Å². The van der Waals surface area contributed by atoms with E-state index in [4.69, 9.17) is 14.2 Å². The fraction of sp³-hybridized carbons (Fsp3) is 0.242. The number of ether oxygens (including phenoxy) is 3. The van der Waals surface area contributed by atoms with Gasteiger partial charge in [-0.2, -0.15) is 0 Å². The van der Waals surface area contributed by atoms with Gasteiger partial charge in [0, 0.05) is 5.56 Å². The molecule has 0 amide bonds. The van der Waals surface area contributed by atoms with Crippen molar-refractivity contribution in [2.45, 2.75) is 46.4 Å². The van der Waals surface area contributed by atoms with Crippen molar-refractivity contribution in [2.75, 3.05) is 6.61 Å². The number of thiazole rings is 1. The van der Waals surface area contributed by atoms with E-state index in [9.17, 15) is 9.59 Å². The van der Waals surface area contributed by atoms with Crippen LogP contribution in [0.25, 0.3) is 6.08 Å². The molecule has 210 valence electrons. The largest absolute Gasteiger partial charge is 0.491 e. The molecule has 1 aliphatic rings. The Kier molecular flexibility index (Phi) is 8.50. The number of rotatable bonds is 9. The zero-order valence-electron chi connectivity index (χ0n) is 23.5. The molecule has 0 radical (unpaired) electrons. The number of allylic oxidation sites excluding steroid dienone is 1. The summed E-state index contributed by atoms with van der Waals surface area (Å²) in [4.78, 5) is 32.3. The minimum atomic E-state index is -0.690. The molecule has 0 saturated carbocycles. The fourth-order valence-electron chi connectivity index (χ4n) is 4.72. The van der Waals surface area contributed by atoms with Crippen LogP contribution in [0.1, 0.15) is 50.4 Å². The first-order valence-corrected chi connectivity index (χ1v) is 14.4. The molecular formula is C33H32N2O5S. The monoisotopic (exact) mass is 568 g/mol. The SMILES string of the molecule is CCOC(=O)C1=C(C)N=c2s/c(=C/c3ccccc3OCc3ccccc3)c(=O)n2[C@@H]1c1ccc(OC(C)C)cc1. The molecule has 0 unspecified atom stereocenters. The summed E-state index contributed by atoms with van der Waals surface area (Å²) in [6.45, 7) is 8.08. The lowest BCUT2D eigenvalue weighted by molar-refractivity contribution is -0.139. The average molecular weight is 569 g/mol. The summed E-state index contributed by atoms with van der Waals surface area (Å²) in [6, 6.07) is 24.3. The third kappa shape index (κ3) is 6.18. The number of carbonyl (C=O) groups is 1. The molecule has 41 heavy (non-hydrogen) atoms. The van der Waals surface area contributed by atoms with Crippen molar-refractivity contribution in [1.82, 2.24) is 4.57 Å². The molecule has 1 aliphatic heterocycles. The molecule has 5 rings (SSSR count). The molecule has 4 aromatic rings. The van der Waals surface area contributed by atoms with Crippen LogP contribution in [-0.2, 0) is 16.1 Å². The number of nitrogens with zero attached hydrogens (tertiary/aromatic N) is 2. The highest BCUT2D eigenvalue weighted by atomic mass is 32.1. The second kappa shape index (κ2) is 12.4. The van der Waals surface area contributed by atoms with Crippen LogP contribution in [0.2, 0.25) is 0 Å². The number of aromatic nitrogens is 1. The summed E-state index contributed by atoms with van der Waals surface area (Å²) in [6.07, 6.45) is 1.85. The number of hydrogen-bond donors (Lipinski definition) is 0. The van der Waals surface area contributed by atoms with E-state index in [0.717, 1.165) is 16.7 Å². The predicted octanol–water partition coefficient (Wildman–Crippen LogP) is 5.16. The van der Waals surface area contributed by atoms with Gasteiger partial charge in [-0.25, -0.2) is 9.79 Å². The Morgan fingerprint density at radius 1 is 1.02 bits per heavy atom. The zero-order chi connectivity index (χ0) is 28.9. The number of benzene rings is 3. The topological polar surface area (TPSA) is 79.1 Å². The molecule has 0 aliphatic carbocycles. The van der Waals surface area contributed by atoms with Gasteiger partial charge in [-0.3, -0.25) is 9.36 Å². The maximum absolute atomic E-state index is 14.0. The predicted molar refractivity (Wildman–Crippen MR) is 160 cm³/mol. The molecule has 1 aromatic heterocycles. The van der Waals surface area contributed by atoms with Gasteiger partial charge in [0.15, 0.2) is 4.80 Å². The maximum atomic E-state index is 14.0. The van der Waals surface area contributed by atoms with Gasteiger partial charge in [0.2, 0.25) is 0 Å². The fourth-order valence-corrected chi connectivity index (χ4v) is 5.75. The van der Waals surface area contributed by atoms with Crippen LogP contribution in [0.4, 0.5) is 0 Å². The van der Waals surface area contributed by atoms with Crippen molar-refractivity contribution in [3.8, 4) is 11.5 Å². The van der Waals surface area contributed by atoms with Crippen molar-refractivity contribution < 1.29 is 19.0 Å². The maximum Gasteiger partial charge on any atom is 0.338 e. The standard InChI is InChI=1S/C33H32N2O5S/c1-5-38-32(37)29-22(4)34-33-35(30(29)24-15-17-26(18-16-24)40-21(2)3)31(36)28(41-33)19-25-13-9-10-14-27(25)39-20-23-11-7-6-8-12-23/h6-19,21,30H,5,20H2,1-4H3/b28-19+/t30-/m1/s1. The minimum Gasteiger partial charge on any atom is -0.491 e. The highest BCUT2D eigenvalue weighted by Crippen LogP contribution is 2.32. The average Bonchev–Trinajstić information content (AvgIpc) is 3.26. The number of fused-ring (bicyclic) bond motifs is 1. The van der Waals surface area contributed by atoms with Crippen molar-refractivity contribution in [3.63, 3.8) is 0 Å². The second-order valence-corrected chi connectivity index (χ2v) is 10.9. The number of hydrogen-bond acceptors (Lipinski definition) is 7. The Balaban J connectivity index is 1.59. The van der Waals surface area contributed by atoms with Gasteiger partial charge >= 0.3 is 5.97 Å². The molecule has 1 atom stereocenters. The first-order valence-electron chi connectivity index (χ1n) is 13.6. The van der Waals surface area contributed by atoms with Crippen molar-refractivity contribution in [2.24, 2.45) is 4.99 Å². The molecule has 0 saturated heterocycles. The lowest BCUT2D eigenvalue weighted by atomic mass is 9.96. The van der Waals surface area contributed by atoms with Gasteiger partial charge in [0.1, 0.15) is 18.1 Å². The van der Waals surface area contributed by atoms with E-state index in [-0.39, 0.29) is 18.3 Å². The van der Waals surface area contributed by atoms with Crippen molar-refractivity contribution in [3.05, 3.63) is 127 Å². The van der Waals surface area contributed by atoms with Gasteiger partial charge in [-0.15, -0.1) is 0 Å². The first-order chi connectivity index (χ1) is 19.9. The molecule has 2 heterocycles. The Hall–Kier alpha value is -4.43. The van der Waals surface area contributed by atoms with E-state index in [1.807, 2.05) is 98.8 Å². The third-order valence-corrected chi connectivity index (χ3v) is 7.51. The van der Waals surface area contributed by atoms with Gasteiger partial charge in [-0.05, 0) is 63.1 Å². The van der Waals surface area contributed by atoms with E-state index in [0.29, 0.717) is 38.7 Å². The molecule has 7 nitrogen and oxygen atoms in total. The van der Waals surface area contributed by atoms with E-state index < -0.39 is 12.0 Å². The summed E-state index contributed by atoms with van der Waals surface area (Å²) in [5.41, 5.74) is 3.21. The Bertz CT molecular complexity index is 1750. The van der Waals surface area contributed by atoms with Gasteiger partial charge in [0.05, 0.1) is 34.6 Å². The van der Waals surface area contributed by atoms with Crippen LogP contribution in [-0.4, -0.2) is 23.2 Å². The molecule has 3 aromatic carbocycles. The van der Waals surface area contributed by atoms with Crippen LogP contribution in [0.3, 0.4) is 0 Å². The van der Waals surface area contributed by atoms with E-state index in [1.54, 1.807) is 18.4 Å². The Morgan fingerprint density at radius 2 is 1.73 bits per heavy atom. The van der Waals surface area contributed by atoms with Gasteiger partial charge in [-0.1, -0.05) is 72.0 Å². The summed E-state index contributed by atoms with van der Waals surface area (Å²) < 4.78 is 19.4. The number of esters is 1. The van der Waals surface area contributed by atoms with Crippen LogP contribution in [0.5, 0.6) is 11.5 Å². The quantitative estimate of drug-likeness (QED) is 0.261. The van der Waals surface area contributed by atoms with Gasteiger partial charge < -0.3 is 14.2 Å². The molecule has 0 N–H and O–H groups in total. The zero-order valence-corrected chi connectivity index (χ0v) is 24.3. The smallest absolute Gasteiger partial charge is 0.338 e. The molecule has 8 heteroatoms. The van der Waals surface area contributed by atoms with Crippen molar-refractivity contribution >= 4 is 23.4 Å². The van der Waals surface area contributed by atoms with Gasteiger partial charge in [0.25, 0.3) is 5.56 Å². The summed E-state index contributed by atoms with van der Waals surface area (Å²) in [5, 5.41) is 0. The lowest BCUT2D eigenvalue weighted by Gasteiger charge is -2.25. The molecule has 0 fully saturated rings. The molecular weight excluding hydrogens is 536 g/mol. The summed E-state index contributed by atoms with van der Waals surface area (Å²) in [5.74, 6) is 0.889. The highest BCUT2D eigenvalue weighted by molar-refractivity contribution is 7.07. The second-order valence-electron chi connectivity index (χ2n) is 9.85. The molecule has 0 spiro atoms. The van der Waals surface area contributed by atoms with Crippen molar-refractivity contribution in [1.29, 1.82) is 0 Å². The van der Waals surface area contributed by atoms with Crippen LogP contribution in [0, 0.1) is 0 Å². The van der Waals surface area contributed by atoms with Crippen LogP contribution in [0.15, 0.2) is 99.9 Å². The van der Waals surface area contributed by atoms with E-state index in [1.165, 1.54) is 11.3 Å². The molecule has 0 bridgehead atoms. The number of carbonyl (C=O) groups excluding carboxylic acids is 1. The summed E-state index contributed by atoms with van der Waals surface area (Å²) in [7, 11) is 0. The van der Waals surface area contributed by atoms with Crippen LogP contribution >= 0.6 is 11.3 Å². The lowest BCUT2D eigenvalue weighted by Crippen LogP contribution is -2.39. The first kappa shape index (κ1) is 28.1.